The number of benzene rings is 3. The summed E-state index contributed by atoms with van der Waals surface area (Å²) < 4.78 is 12.5. The van der Waals surface area contributed by atoms with Gasteiger partial charge < -0.3 is 9.47 Å². The lowest BCUT2D eigenvalue weighted by Crippen LogP contribution is -1.97. The number of hydrogen-bond donors (Lipinski definition) is 0. The van der Waals surface area contributed by atoms with Crippen molar-refractivity contribution in [2.75, 3.05) is 7.11 Å². The Hall–Kier alpha value is -3.62. The zero-order valence-corrected chi connectivity index (χ0v) is 16.6. The molecule has 0 aliphatic heterocycles. The molecular weight excluding hydrogens is 380 g/mol. The number of thiazole rings is 1. The highest BCUT2D eigenvalue weighted by atomic mass is 32.1. The van der Waals surface area contributed by atoms with Gasteiger partial charge in [-0.2, -0.15) is 5.26 Å². The van der Waals surface area contributed by atoms with E-state index in [0.29, 0.717) is 28.7 Å². The van der Waals surface area contributed by atoms with Gasteiger partial charge in [-0.1, -0.05) is 48.5 Å². The summed E-state index contributed by atoms with van der Waals surface area (Å²) in [5, 5.41) is 10.4. The second-order valence-electron chi connectivity index (χ2n) is 6.34. The molecule has 0 N–H and O–H groups in total. The summed E-state index contributed by atoms with van der Waals surface area (Å²) in [6, 6.07) is 25.7. The van der Waals surface area contributed by atoms with Crippen molar-refractivity contribution < 1.29 is 9.47 Å². The van der Waals surface area contributed by atoms with Crippen molar-refractivity contribution >= 4 is 33.2 Å². The van der Waals surface area contributed by atoms with E-state index in [1.165, 1.54) is 11.3 Å². The van der Waals surface area contributed by atoms with Crippen LogP contribution in [0.4, 0.5) is 0 Å². The van der Waals surface area contributed by atoms with E-state index in [-0.39, 0.29) is 0 Å². The molecule has 0 amide bonds. The van der Waals surface area contributed by atoms with Crippen LogP contribution >= 0.6 is 11.3 Å². The van der Waals surface area contributed by atoms with Gasteiger partial charge in [0.2, 0.25) is 0 Å². The predicted octanol–water partition coefficient (Wildman–Crippen LogP) is 5.95. The number of rotatable bonds is 6. The summed E-state index contributed by atoms with van der Waals surface area (Å²) >= 11 is 1.51. The van der Waals surface area contributed by atoms with Crippen LogP contribution in [0.1, 0.15) is 16.1 Å². The molecule has 3 aromatic carbocycles. The van der Waals surface area contributed by atoms with Gasteiger partial charge in [-0.05, 0) is 41.5 Å². The number of hydrogen-bond acceptors (Lipinski definition) is 5. The van der Waals surface area contributed by atoms with Crippen LogP contribution < -0.4 is 9.47 Å². The van der Waals surface area contributed by atoms with E-state index in [4.69, 9.17) is 9.47 Å². The van der Waals surface area contributed by atoms with E-state index >= 15 is 0 Å². The number of para-hydroxylation sites is 1. The molecule has 0 saturated carbocycles. The molecular formula is C24H18N2O2S. The first-order valence-corrected chi connectivity index (χ1v) is 9.91. The van der Waals surface area contributed by atoms with Gasteiger partial charge in [0, 0.05) is 0 Å². The lowest BCUT2D eigenvalue weighted by atomic mass is 10.1. The molecule has 0 spiro atoms. The van der Waals surface area contributed by atoms with Gasteiger partial charge in [0.25, 0.3) is 0 Å². The number of nitrogens with zero attached hydrogens (tertiary/aromatic N) is 2. The molecule has 0 saturated heterocycles. The van der Waals surface area contributed by atoms with Crippen LogP contribution in [-0.2, 0) is 6.61 Å². The Labute approximate surface area is 173 Å². The smallest absolute Gasteiger partial charge is 0.161 e. The third-order valence-electron chi connectivity index (χ3n) is 4.38. The highest BCUT2D eigenvalue weighted by Crippen LogP contribution is 2.32. The molecule has 0 radical (unpaired) electrons. The molecule has 4 aromatic rings. The number of nitriles is 1. The number of ether oxygens (including phenoxy) is 2. The molecule has 1 aromatic heterocycles. The Morgan fingerprint density at radius 2 is 1.83 bits per heavy atom. The van der Waals surface area contributed by atoms with Gasteiger partial charge in [-0.3, -0.25) is 0 Å². The largest absolute Gasteiger partial charge is 0.493 e. The van der Waals surface area contributed by atoms with Crippen LogP contribution in [0.3, 0.4) is 0 Å². The average molecular weight is 398 g/mol. The number of allylic oxidation sites excluding steroid dienone is 1. The van der Waals surface area contributed by atoms with Crippen molar-refractivity contribution in [1.82, 2.24) is 4.98 Å². The Morgan fingerprint density at radius 3 is 2.59 bits per heavy atom. The molecule has 0 bridgehead atoms. The topological polar surface area (TPSA) is 55.1 Å². The van der Waals surface area contributed by atoms with Gasteiger partial charge in [0.05, 0.1) is 22.9 Å². The van der Waals surface area contributed by atoms with Crippen LogP contribution in [0, 0.1) is 11.3 Å². The Kier molecular flexibility index (Phi) is 5.55. The van der Waals surface area contributed by atoms with Gasteiger partial charge in [0.15, 0.2) is 11.5 Å². The van der Waals surface area contributed by atoms with Crippen molar-refractivity contribution in [2.24, 2.45) is 0 Å². The van der Waals surface area contributed by atoms with Gasteiger partial charge in [-0.25, -0.2) is 4.98 Å². The molecule has 0 aliphatic carbocycles. The molecule has 29 heavy (non-hydrogen) atoms. The minimum absolute atomic E-state index is 0.460. The van der Waals surface area contributed by atoms with E-state index in [1.807, 2.05) is 78.9 Å². The van der Waals surface area contributed by atoms with Gasteiger partial charge >= 0.3 is 0 Å². The molecule has 142 valence electrons. The molecule has 0 aliphatic rings. The predicted molar refractivity (Wildman–Crippen MR) is 117 cm³/mol. The summed E-state index contributed by atoms with van der Waals surface area (Å²) in [6.45, 7) is 0.460. The van der Waals surface area contributed by atoms with E-state index < -0.39 is 0 Å². The van der Waals surface area contributed by atoms with E-state index in [0.717, 1.165) is 21.3 Å². The standard InChI is InChI=1S/C24H18N2O2S/c1-27-22-14-18(11-12-21(22)28-16-17-7-3-2-4-8-17)13-19(15-25)24-26-20-9-5-6-10-23(20)29-24/h2-14H,16H2,1H3. The first-order valence-electron chi connectivity index (χ1n) is 9.09. The van der Waals surface area contributed by atoms with E-state index in [2.05, 4.69) is 11.1 Å². The second-order valence-corrected chi connectivity index (χ2v) is 7.37. The summed E-state index contributed by atoms with van der Waals surface area (Å²) in [4.78, 5) is 4.57. The second kappa shape index (κ2) is 8.59. The third-order valence-corrected chi connectivity index (χ3v) is 5.45. The van der Waals surface area contributed by atoms with Gasteiger partial charge in [-0.15, -0.1) is 11.3 Å². The lowest BCUT2D eigenvalue weighted by molar-refractivity contribution is 0.284. The zero-order chi connectivity index (χ0) is 20.1. The molecule has 0 fully saturated rings. The van der Waals surface area contributed by atoms with Crippen LogP contribution in [0.15, 0.2) is 72.8 Å². The molecule has 4 nitrogen and oxygen atoms in total. The highest BCUT2D eigenvalue weighted by molar-refractivity contribution is 7.19. The summed E-state index contributed by atoms with van der Waals surface area (Å²) in [5.74, 6) is 1.28. The monoisotopic (exact) mass is 398 g/mol. The summed E-state index contributed by atoms with van der Waals surface area (Å²) in [5.41, 5.74) is 3.35. The van der Waals surface area contributed by atoms with Crippen LogP contribution in [0.2, 0.25) is 0 Å². The minimum Gasteiger partial charge on any atom is -0.493 e. The zero-order valence-electron chi connectivity index (χ0n) is 15.8. The third kappa shape index (κ3) is 4.29. The summed E-state index contributed by atoms with van der Waals surface area (Å²) in [7, 11) is 1.61. The molecule has 4 rings (SSSR count). The van der Waals surface area contributed by atoms with Crippen molar-refractivity contribution in [3.05, 3.63) is 88.9 Å². The van der Waals surface area contributed by atoms with E-state index in [9.17, 15) is 5.26 Å². The summed E-state index contributed by atoms with van der Waals surface area (Å²) in [6.07, 6.45) is 1.82. The Balaban J connectivity index is 1.59. The maximum absolute atomic E-state index is 9.65. The van der Waals surface area contributed by atoms with Gasteiger partial charge in [0.1, 0.15) is 17.7 Å². The Bertz CT molecular complexity index is 1170. The fraction of sp³-hybridized carbons (Fsp3) is 0.0833. The van der Waals surface area contributed by atoms with Crippen molar-refractivity contribution in [3.8, 4) is 17.6 Å². The normalized spacial score (nSPS) is 11.2. The number of methoxy groups -OCH3 is 1. The fourth-order valence-electron chi connectivity index (χ4n) is 2.92. The minimum atomic E-state index is 0.460. The first-order chi connectivity index (χ1) is 14.3. The maximum Gasteiger partial charge on any atom is 0.161 e. The van der Waals surface area contributed by atoms with Crippen LogP contribution in [0.25, 0.3) is 21.9 Å². The van der Waals surface area contributed by atoms with Crippen molar-refractivity contribution in [3.63, 3.8) is 0 Å². The number of aromatic nitrogens is 1. The van der Waals surface area contributed by atoms with E-state index in [1.54, 1.807) is 7.11 Å². The molecule has 1 heterocycles. The molecule has 5 heteroatoms. The molecule has 0 unspecified atom stereocenters. The number of fused-ring (bicyclic) bond motifs is 1. The molecule has 0 atom stereocenters. The van der Waals surface area contributed by atoms with Crippen molar-refractivity contribution in [2.45, 2.75) is 6.61 Å². The van der Waals surface area contributed by atoms with Crippen LogP contribution in [-0.4, -0.2) is 12.1 Å². The maximum atomic E-state index is 9.65. The highest BCUT2D eigenvalue weighted by Gasteiger charge is 2.10. The lowest BCUT2D eigenvalue weighted by Gasteiger charge is -2.11. The quantitative estimate of drug-likeness (QED) is 0.377. The van der Waals surface area contributed by atoms with Crippen LogP contribution in [0.5, 0.6) is 11.5 Å². The Morgan fingerprint density at radius 1 is 1.03 bits per heavy atom. The average Bonchev–Trinajstić information content (AvgIpc) is 3.21. The SMILES string of the molecule is COc1cc(C=C(C#N)c2nc3ccccc3s2)ccc1OCc1ccccc1. The van der Waals surface area contributed by atoms with Crippen molar-refractivity contribution in [1.29, 1.82) is 5.26 Å². The fourth-order valence-corrected chi connectivity index (χ4v) is 3.86. The first kappa shape index (κ1) is 18.7.